The standard InChI is InChI=1S/C12H19N4O4PS/c1-8-11(3-4-20-21(17,18)19)16(8)7-22(13)6-10-5-14-9(2)15-12(10)22/h5H,3-4,6-7,13H2,1-2H3,(H2,17,18,19). The van der Waals surface area contributed by atoms with E-state index in [0.29, 0.717) is 12.3 Å². The molecule has 4 N–H and O–H groups in total. The number of rotatable bonds is 6. The molecule has 0 amide bonds. The Labute approximate surface area is 130 Å². The highest BCUT2D eigenvalue weighted by molar-refractivity contribution is 8.32. The minimum absolute atomic E-state index is 0.00176. The van der Waals surface area contributed by atoms with Gasteiger partial charge >= 0.3 is 7.82 Å². The Morgan fingerprint density at radius 2 is 2.23 bits per heavy atom. The quantitative estimate of drug-likeness (QED) is 0.521. The van der Waals surface area contributed by atoms with Gasteiger partial charge in [-0.3, -0.25) is 9.66 Å². The van der Waals surface area contributed by atoms with Crippen molar-refractivity contribution in [2.75, 3.05) is 12.5 Å². The molecule has 3 rings (SSSR count). The van der Waals surface area contributed by atoms with Gasteiger partial charge in [0.15, 0.2) is 0 Å². The Balaban J connectivity index is 1.57. The number of allylic oxidation sites excluding steroid dienone is 1. The summed E-state index contributed by atoms with van der Waals surface area (Å²) in [5.41, 5.74) is 3.27. The van der Waals surface area contributed by atoms with Gasteiger partial charge in [0.25, 0.3) is 0 Å². The first-order valence-corrected chi connectivity index (χ1v) is 10.3. The molecule has 0 radical (unpaired) electrons. The number of aryl methyl sites for hydroxylation is 1. The molecule has 0 bridgehead atoms. The maximum absolute atomic E-state index is 10.7. The fourth-order valence-corrected chi connectivity index (χ4v) is 5.59. The molecule has 22 heavy (non-hydrogen) atoms. The third kappa shape index (κ3) is 3.05. The van der Waals surface area contributed by atoms with E-state index in [4.69, 9.17) is 14.9 Å². The molecule has 0 aliphatic carbocycles. The van der Waals surface area contributed by atoms with Crippen LogP contribution in [-0.4, -0.2) is 37.1 Å². The van der Waals surface area contributed by atoms with Crippen LogP contribution in [-0.2, 0) is 14.8 Å². The highest BCUT2D eigenvalue weighted by atomic mass is 32.3. The summed E-state index contributed by atoms with van der Waals surface area (Å²) in [5.74, 6) is 2.25. The van der Waals surface area contributed by atoms with Crippen molar-refractivity contribution in [3.8, 4) is 0 Å². The molecular weight excluding hydrogens is 327 g/mol. The van der Waals surface area contributed by atoms with Crippen molar-refractivity contribution < 1.29 is 18.9 Å². The summed E-state index contributed by atoms with van der Waals surface area (Å²) in [5, 5.41) is 7.49. The smallest absolute Gasteiger partial charge is 0.336 e. The highest BCUT2D eigenvalue weighted by Crippen LogP contribution is 2.63. The minimum Gasteiger partial charge on any atom is -0.336 e. The van der Waals surface area contributed by atoms with Crippen LogP contribution in [0.15, 0.2) is 22.6 Å². The van der Waals surface area contributed by atoms with E-state index in [0.717, 1.165) is 33.6 Å². The van der Waals surface area contributed by atoms with Crippen LogP contribution in [0.2, 0.25) is 0 Å². The van der Waals surface area contributed by atoms with Gasteiger partial charge < -0.3 is 14.7 Å². The largest absolute Gasteiger partial charge is 0.469 e. The molecule has 0 saturated heterocycles. The summed E-state index contributed by atoms with van der Waals surface area (Å²) in [4.78, 5) is 28.1. The Kier molecular flexibility index (Phi) is 3.83. The van der Waals surface area contributed by atoms with Gasteiger partial charge in [-0.05, 0) is 13.8 Å². The first-order valence-electron chi connectivity index (χ1n) is 6.76. The molecule has 10 heteroatoms. The van der Waals surface area contributed by atoms with Crippen molar-refractivity contribution in [1.29, 1.82) is 0 Å². The maximum Gasteiger partial charge on any atom is 0.469 e. The van der Waals surface area contributed by atoms with Crippen molar-refractivity contribution in [2.24, 2.45) is 5.14 Å². The molecule has 1 aromatic heterocycles. The average Bonchev–Trinajstić information content (AvgIpc) is 2.99. The number of nitrogens with zero attached hydrogens (tertiary/aromatic N) is 3. The molecule has 2 aliphatic heterocycles. The fourth-order valence-electron chi connectivity index (χ4n) is 2.62. The molecule has 1 unspecified atom stereocenters. The van der Waals surface area contributed by atoms with Gasteiger partial charge in [-0.25, -0.2) is 14.5 Å². The summed E-state index contributed by atoms with van der Waals surface area (Å²) >= 11 is 0. The second kappa shape index (κ2) is 5.30. The highest BCUT2D eigenvalue weighted by Gasteiger charge is 2.42. The Bertz CT molecular complexity index is 706. The summed E-state index contributed by atoms with van der Waals surface area (Å²) < 4.78 is 15.1. The van der Waals surface area contributed by atoms with Crippen molar-refractivity contribution in [3.63, 3.8) is 0 Å². The van der Waals surface area contributed by atoms with E-state index in [2.05, 4.69) is 19.4 Å². The van der Waals surface area contributed by atoms with Crippen molar-refractivity contribution in [1.82, 2.24) is 14.9 Å². The third-order valence-corrected chi connectivity index (χ3v) is 6.99. The predicted molar refractivity (Wildman–Crippen MR) is 82.5 cm³/mol. The normalized spacial score (nSPS) is 26.3. The van der Waals surface area contributed by atoms with Gasteiger partial charge in [0.1, 0.15) is 10.9 Å². The second-order valence-electron chi connectivity index (χ2n) is 5.50. The summed E-state index contributed by atoms with van der Waals surface area (Å²) in [6.07, 6.45) is 2.31. The molecule has 8 nitrogen and oxygen atoms in total. The van der Waals surface area contributed by atoms with Crippen LogP contribution in [0.5, 0.6) is 0 Å². The van der Waals surface area contributed by atoms with E-state index in [1.54, 1.807) is 0 Å². The van der Waals surface area contributed by atoms with Crippen LogP contribution in [0.3, 0.4) is 0 Å². The number of hydrogen-bond acceptors (Lipinski definition) is 6. The first kappa shape index (κ1) is 15.9. The molecule has 1 aromatic rings. The number of nitrogens with two attached hydrogens (primary N) is 1. The monoisotopic (exact) mass is 346 g/mol. The number of phosphoric ester groups is 1. The van der Waals surface area contributed by atoms with Crippen LogP contribution in [0.25, 0.3) is 0 Å². The Hall–Kier alpha value is -0.960. The zero-order valence-corrected chi connectivity index (χ0v) is 14.1. The van der Waals surface area contributed by atoms with Crippen LogP contribution in [0.1, 0.15) is 24.7 Å². The van der Waals surface area contributed by atoms with Gasteiger partial charge in [0.05, 0.1) is 12.5 Å². The topological polar surface area (TPSA) is 122 Å². The fraction of sp³-hybridized carbons (Fsp3) is 0.500. The van der Waals surface area contributed by atoms with Gasteiger partial charge in [-0.1, -0.05) is 0 Å². The lowest BCUT2D eigenvalue weighted by Gasteiger charge is -2.44. The van der Waals surface area contributed by atoms with Crippen molar-refractivity contribution in [2.45, 2.75) is 31.0 Å². The number of fused-ring (bicyclic) bond motifs is 1. The van der Waals surface area contributed by atoms with Crippen LogP contribution >= 0.6 is 18.0 Å². The third-order valence-electron chi connectivity index (χ3n) is 3.80. The van der Waals surface area contributed by atoms with E-state index in [1.807, 2.05) is 20.0 Å². The molecule has 122 valence electrons. The Morgan fingerprint density at radius 3 is 2.91 bits per heavy atom. The zero-order valence-electron chi connectivity index (χ0n) is 12.4. The van der Waals surface area contributed by atoms with E-state index >= 15 is 0 Å². The Morgan fingerprint density at radius 1 is 1.50 bits per heavy atom. The van der Waals surface area contributed by atoms with Gasteiger partial charge in [0.2, 0.25) is 0 Å². The lowest BCUT2D eigenvalue weighted by Crippen LogP contribution is -2.32. The summed E-state index contributed by atoms with van der Waals surface area (Å²) in [6.45, 7) is 3.82. The molecule has 2 aliphatic rings. The molecule has 0 aromatic carbocycles. The van der Waals surface area contributed by atoms with E-state index in [-0.39, 0.29) is 6.61 Å². The van der Waals surface area contributed by atoms with E-state index < -0.39 is 18.0 Å². The number of aromatic nitrogens is 2. The zero-order chi connectivity index (χ0) is 16.1. The first-order chi connectivity index (χ1) is 10.2. The molecular formula is C12H19N4O4PS. The summed E-state index contributed by atoms with van der Waals surface area (Å²) in [7, 11) is -5.83. The number of hydrogen-bond donors (Lipinski definition) is 3. The van der Waals surface area contributed by atoms with Gasteiger partial charge in [-0.15, -0.1) is 10.2 Å². The van der Waals surface area contributed by atoms with Gasteiger partial charge in [0, 0.05) is 35.3 Å². The molecule has 0 fully saturated rings. The molecule has 1 atom stereocenters. The van der Waals surface area contributed by atoms with E-state index in [1.165, 1.54) is 0 Å². The van der Waals surface area contributed by atoms with Crippen molar-refractivity contribution >= 4 is 18.0 Å². The van der Waals surface area contributed by atoms with Gasteiger partial charge in [-0.2, -0.15) is 0 Å². The van der Waals surface area contributed by atoms with Crippen LogP contribution < -0.4 is 5.14 Å². The molecule has 0 saturated carbocycles. The van der Waals surface area contributed by atoms with E-state index in [9.17, 15) is 4.57 Å². The summed E-state index contributed by atoms with van der Waals surface area (Å²) in [6, 6.07) is 0. The van der Waals surface area contributed by atoms with Crippen molar-refractivity contribution in [3.05, 3.63) is 29.0 Å². The molecule has 3 heterocycles. The maximum atomic E-state index is 10.7. The lowest BCUT2D eigenvalue weighted by atomic mass is 10.4. The SMILES string of the molecule is CC1=C(CCOP(=O)(O)O)N1CS1(N)Cc2cnc(C)nc21. The average molecular weight is 346 g/mol. The minimum atomic E-state index is -4.40. The molecule has 0 spiro atoms. The second-order valence-corrected chi connectivity index (χ2v) is 9.56. The predicted octanol–water partition coefficient (Wildman–Crippen LogP) is 1.34. The van der Waals surface area contributed by atoms with Crippen LogP contribution in [0.4, 0.5) is 0 Å². The van der Waals surface area contributed by atoms with Crippen LogP contribution in [0, 0.1) is 6.92 Å². The number of phosphoric acid groups is 1. The lowest BCUT2D eigenvalue weighted by molar-refractivity contribution is 0.198.